The van der Waals surface area contributed by atoms with Gasteiger partial charge in [0.1, 0.15) is 11.6 Å². The number of anilines is 1. The molecule has 19 heavy (non-hydrogen) atoms. The first kappa shape index (κ1) is 14.0. The predicted molar refractivity (Wildman–Crippen MR) is 61.0 cm³/mol. The molecule has 0 bridgehead atoms. The molecule has 2 rings (SSSR count). The third-order valence-electron chi connectivity index (χ3n) is 3.10. The van der Waals surface area contributed by atoms with Crippen LogP contribution in [0.15, 0.2) is 18.2 Å². The highest BCUT2D eigenvalue weighted by molar-refractivity contribution is 5.48. The lowest BCUT2D eigenvalue weighted by atomic mass is 10.1. The maximum absolute atomic E-state index is 13.6. The van der Waals surface area contributed by atoms with E-state index in [4.69, 9.17) is 0 Å². The summed E-state index contributed by atoms with van der Waals surface area (Å²) < 4.78 is 65.0. The van der Waals surface area contributed by atoms with Crippen LogP contribution in [0.5, 0.6) is 0 Å². The van der Waals surface area contributed by atoms with Gasteiger partial charge in [0.25, 0.3) is 0 Å². The standard InChI is InChI=1S/C12H13F5N2/c13-9-1-2-10(14)11(5-9)19-4-3-18-6-8(7-19)12(15,16)17/h1-2,5,8,18H,3-4,6-7H2. The van der Waals surface area contributed by atoms with Crippen LogP contribution in [-0.4, -0.2) is 32.4 Å². The van der Waals surface area contributed by atoms with Gasteiger partial charge in [-0.1, -0.05) is 0 Å². The van der Waals surface area contributed by atoms with Gasteiger partial charge in [-0.25, -0.2) is 8.78 Å². The SMILES string of the molecule is Fc1ccc(F)c(N2CCNCC(C(F)(F)F)C2)c1. The van der Waals surface area contributed by atoms with Crippen LogP contribution in [0.25, 0.3) is 0 Å². The van der Waals surface area contributed by atoms with Crippen molar-refractivity contribution in [2.45, 2.75) is 6.18 Å². The molecule has 1 aromatic carbocycles. The summed E-state index contributed by atoms with van der Waals surface area (Å²) in [7, 11) is 0. The number of alkyl halides is 3. The molecule has 1 aliphatic heterocycles. The summed E-state index contributed by atoms with van der Waals surface area (Å²) in [5, 5.41) is 2.66. The average molecular weight is 280 g/mol. The number of hydrogen-bond acceptors (Lipinski definition) is 2. The van der Waals surface area contributed by atoms with E-state index in [0.717, 1.165) is 18.2 Å². The molecule has 1 saturated heterocycles. The van der Waals surface area contributed by atoms with E-state index in [1.165, 1.54) is 4.90 Å². The molecule has 0 aromatic heterocycles. The van der Waals surface area contributed by atoms with E-state index >= 15 is 0 Å². The lowest BCUT2D eigenvalue weighted by Gasteiger charge is -2.27. The molecule has 1 N–H and O–H groups in total. The van der Waals surface area contributed by atoms with Gasteiger partial charge in [0.2, 0.25) is 0 Å². The van der Waals surface area contributed by atoms with E-state index in [-0.39, 0.29) is 25.3 Å². The van der Waals surface area contributed by atoms with Crippen molar-refractivity contribution < 1.29 is 22.0 Å². The fraction of sp³-hybridized carbons (Fsp3) is 0.500. The Balaban J connectivity index is 2.25. The van der Waals surface area contributed by atoms with Crippen molar-refractivity contribution in [1.82, 2.24) is 5.32 Å². The van der Waals surface area contributed by atoms with Crippen LogP contribution in [0.1, 0.15) is 0 Å². The first-order valence-electron chi connectivity index (χ1n) is 5.85. The van der Waals surface area contributed by atoms with Gasteiger partial charge in [-0.05, 0) is 12.1 Å². The monoisotopic (exact) mass is 280 g/mol. The zero-order chi connectivity index (χ0) is 14.0. The van der Waals surface area contributed by atoms with Gasteiger partial charge >= 0.3 is 6.18 Å². The Morgan fingerprint density at radius 3 is 2.63 bits per heavy atom. The molecule has 1 aliphatic rings. The summed E-state index contributed by atoms with van der Waals surface area (Å²) in [6, 6.07) is 2.79. The first-order chi connectivity index (χ1) is 8.88. The predicted octanol–water partition coefficient (Wildman–Crippen LogP) is 2.55. The smallest absolute Gasteiger partial charge is 0.367 e. The van der Waals surface area contributed by atoms with Crippen LogP contribution in [0.4, 0.5) is 27.6 Å². The number of nitrogens with one attached hydrogen (secondary N) is 1. The fourth-order valence-electron chi connectivity index (χ4n) is 2.08. The summed E-state index contributed by atoms with van der Waals surface area (Å²) in [6.07, 6.45) is -4.36. The minimum atomic E-state index is -4.36. The van der Waals surface area contributed by atoms with E-state index < -0.39 is 23.7 Å². The molecule has 0 amide bonds. The first-order valence-corrected chi connectivity index (χ1v) is 5.85. The summed E-state index contributed by atoms with van der Waals surface area (Å²) in [5.41, 5.74) is -0.127. The molecule has 1 aromatic rings. The molecule has 2 nitrogen and oxygen atoms in total. The second kappa shape index (κ2) is 5.32. The number of halogens is 5. The van der Waals surface area contributed by atoms with E-state index in [2.05, 4.69) is 5.32 Å². The quantitative estimate of drug-likeness (QED) is 0.795. The van der Waals surface area contributed by atoms with Gasteiger partial charge < -0.3 is 10.2 Å². The van der Waals surface area contributed by atoms with E-state index in [1.54, 1.807) is 0 Å². The van der Waals surface area contributed by atoms with Crippen molar-refractivity contribution in [2.75, 3.05) is 31.1 Å². The van der Waals surface area contributed by atoms with Crippen LogP contribution in [0, 0.1) is 17.6 Å². The largest absolute Gasteiger partial charge is 0.394 e. The van der Waals surface area contributed by atoms with Crippen molar-refractivity contribution in [1.29, 1.82) is 0 Å². The van der Waals surface area contributed by atoms with Gasteiger partial charge in [0.15, 0.2) is 0 Å². The fourth-order valence-corrected chi connectivity index (χ4v) is 2.08. The molecule has 7 heteroatoms. The highest BCUT2D eigenvalue weighted by Crippen LogP contribution is 2.30. The second-order valence-electron chi connectivity index (χ2n) is 4.48. The number of rotatable bonds is 1. The minimum absolute atomic E-state index is 0.127. The minimum Gasteiger partial charge on any atom is -0.367 e. The third kappa shape index (κ3) is 3.34. The van der Waals surface area contributed by atoms with E-state index in [1.807, 2.05) is 0 Å². The molecule has 1 atom stereocenters. The molecule has 1 unspecified atom stereocenters. The zero-order valence-corrected chi connectivity index (χ0v) is 9.97. The number of nitrogens with zero attached hydrogens (tertiary/aromatic N) is 1. The Bertz CT molecular complexity index is 446. The molecule has 1 heterocycles. The van der Waals surface area contributed by atoms with Crippen LogP contribution in [-0.2, 0) is 0 Å². The van der Waals surface area contributed by atoms with E-state index in [0.29, 0.717) is 6.54 Å². The molecule has 0 spiro atoms. The Morgan fingerprint density at radius 1 is 1.21 bits per heavy atom. The summed E-state index contributed by atoms with van der Waals surface area (Å²) in [5.74, 6) is -2.99. The van der Waals surface area contributed by atoms with Crippen LogP contribution < -0.4 is 10.2 Å². The Morgan fingerprint density at radius 2 is 1.95 bits per heavy atom. The normalized spacial score (nSPS) is 21.3. The van der Waals surface area contributed by atoms with Gasteiger partial charge in [-0.2, -0.15) is 13.2 Å². The highest BCUT2D eigenvalue weighted by atomic mass is 19.4. The van der Waals surface area contributed by atoms with Crippen molar-refractivity contribution in [2.24, 2.45) is 5.92 Å². The topological polar surface area (TPSA) is 15.3 Å². The van der Waals surface area contributed by atoms with E-state index in [9.17, 15) is 22.0 Å². The molecule has 1 fully saturated rings. The summed E-state index contributed by atoms with van der Waals surface area (Å²) in [6.45, 7) is -0.0940. The zero-order valence-electron chi connectivity index (χ0n) is 9.97. The average Bonchev–Trinajstić information content (AvgIpc) is 2.57. The van der Waals surface area contributed by atoms with Crippen molar-refractivity contribution in [3.8, 4) is 0 Å². The van der Waals surface area contributed by atoms with Gasteiger partial charge in [0.05, 0.1) is 11.6 Å². The van der Waals surface area contributed by atoms with Crippen molar-refractivity contribution in [3.63, 3.8) is 0 Å². The molecule has 106 valence electrons. The van der Waals surface area contributed by atoms with Crippen molar-refractivity contribution in [3.05, 3.63) is 29.8 Å². The van der Waals surface area contributed by atoms with Crippen LogP contribution in [0.2, 0.25) is 0 Å². The Hall–Kier alpha value is -1.37. The summed E-state index contributed by atoms with van der Waals surface area (Å²) >= 11 is 0. The number of benzene rings is 1. The van der Waals surface area contributed by atoms with Crippen LogP contribution in [0.3, 0.4) is 0 Å². The maximum atomic E-state index is 13.6. The van der Waals surface area contributed by atoms with Crippen LogP contribution >= 0.6 is 0 Å². The third-order valence-corrected chi connectivity index (χ3v) is 3.10. The van der Waals surface area contributed by atoms with Gasteiger partial charge in [-0.3, -0.25) is 0 Å². The molecule has 0 saturated carbocycles. The second-order valence-corrected chi connectivity index (χ2v) is 4.48. The maximum Gasteiger partial charge on any atom is 0.394 e. The molecular formula is C12H13F5N2. The summed E-state index contributed by atoms with van der Waals surface area (Å²) in [4.78, 5) is 1.23. The lowest BCUT2D eigenvalue weighted by molar-refractivity contribution is -0.169. The van der Waals surface area contributed by atoms with Gasteiger partial charge in [0, 0.05) is 32.2 Å². The highest BCUT2D eigenvalue weighted by Gasteiger charge is 2.41. The Labute approximate surface area is 107 Å². The Kier molecular flexibility index (Phi) is 3.93. The number of hydrogen-bond donors (Lipinski definition) is 1. The molecule has 0 radical (unpaired) electrons. The molecular weight excluding hydrogens is 267 g/mol. The van der Waals surface area contributed by atoms with Crippen molar-refractivity contribution >= 4 is 5.69 Å². The lowest BCUT2D eigenvalue weighted by Crippen LogP contribution is -2.38. The molecule has 0 aliphatic carbocycles. The van der Waals surface area contributed by atoms with Gasteiger partial charge in [-0.15, -0.1) is 0 Å².